The van der Waals surface area contributed by atoms with Crippen molar-refractivity contribution in [1.82, 2.24) is 9.97 Å². The lowest BCUT2D eigenvalue weighted by Gasteiger charge is -2.21. The molecule has 1 aromatic rings. The molecule has 0 saturated heterocycles. The lowest BCUT2D eigenvalue weighted by Crippen LogP contribution is -2.26. The van der Waals surface area contributed by atoms with Gasteiger partial charge in [0.2, 0.25) is 0 Å². The van der Waals surface area contributed by atoms with Crippen molar-refractivity contribution in [3.8, 4) is 0 Å². The Kier molecular flexibility index (Phi) is 5.65. The van der Waals surface area contributed by atoms with Crippen LogP contribution >= 0.6 is 11.6 Å². The summed E-state index contributed by atoms with van der Waals surface area (Å²) in [5, 5.41) is 0.536. The maximum atomic E-state index is 6.05. The summed E-state index contributed by atoms with van der Waals surface area (Å²) in [6.45, 7) is 7.57. The first-order valence-electron chi connectivity index (χ1n) is 5.88. The van der Waals surface area contributed by atoms with Crippen LogP contribution in [-0.4, -0.2) is 36.3 Å². The average molecular weight is 258 g/mol. The van der Waals surface area contributed by atoms with Gasteiger partial charge in [-0.05, 0) is 20.3 Å². The van der Waals surface area contributed by atoms with Gasteiger partial charge in [0.05, 0.1) is 12.7 Å². The third-order valence-corrected chi connectivity index (χ3v) is 2.79. The molecular weight excluding hydrogens is 238 g/mol. The summed E-state index contributed by atoms with van der Waals surface area (Å²) in [6, 6.07) is 0. The molecule has 0 amide bonds. The van der Waals surface area contributed by atoms with E-state index in [9.17, 15) is 0 Å². The van der Waals surface area contributed by atoms with Gasteiger partial charge in [-0.25, -0.2) is 9.97 Å². The molecule has 96 valence electrons. The predicted octanol–water partition coefficient (Wildman–Crippen LogP) is 2.55. The highest BCUT2D eigenvalue weighted by atomic mass is 35.5. The molecule has 0 saturated carbocycles. The van der Waals surface area contributed by atoms with Crippen LogP contribution in [0.25, 0.3) is 0 Å². The predicted molar refractivity (Wildman–Crippen MR) is 70.8 cm³/mol. The summed E-state index contributed by atoms with van der Waals surface area (Å²) < 4.78 is 5.52. The first kappa shape index (κ1) is 14.2. The van der Waals surface area contributed by atoms with Crippen molar-refractivity contribution in [3.05, 3.63) is 17.0 Å². The van der Waals surface area contributed by atoms with Crippen LogP contribution in [0.3, 0.4) is 0 Å². The second kappa shape index (κ2) is 6.77. The topological polar surface area (TPSA) is 38.2 Å². The fourth-order valence-corrected chi connectivity index (χ4v) is 1.81. The smallest absolute Gasteiger partial charge is 0.137 e. The van der Waals surface area contributed by atoms with Gasteiger partial charge in [0, 0.05) is 19.2 Å². The van der Waals surface area contributed by atoms with Crippen molar-refractivity contribution in [1.29, 1.82) is 0 Å². The van der Waals surface area contributed by atoms with Gasteiger partial charge in [-0.15, -0.1) is 0 Å². The van der Waals surface area contributed by atoms with E-state index in [0.29, 0.717) is 11.8 Å². The number of halogens is 1. The van der Waals surface area contributed by atoms with Crippen molar-refractivity contribution >= 4 is 17.4 Å². The number of rotatable bonds is 6. The van der Waals surface area contributed by atoms with Crippen LogP contribution in [0.4, 0.5) is 5.82 Å². The molecule has 0 aliphatic rings. The highest BCUT2D eigenvalue weighted by Gasteiger charge is 2.11. The number of aromatic nitrogens is 2. The lowest BCUT2D eigenvalue weighted by molar-refractivity contribution is 0.0845. The Morgan fingerprint density at radius 2 is 2.12 bits per heavy atom. The number of hydrogen-bond donors (Lipinski definition) is 0. The fraction of sp³-hybridized carbons (Fsp3) is 0.667. The quantitative estimate of drug-likeness (QED) is 0.734. The summed E-state index contributed by atoms with van der Waals surface area (Å²) >= 11 is 6.05. The first-order chi connectivity index (χ1) is 8.06. The highest BCUT2D eigenvalue weighted by Crippen LogP contribution is 2.22. The van der Waals surface area contributed by atoms with Crippen LogP contribution in [0.5, 0.6) is 0 Å². The van der Waals surface area contributed by atoms with Crippen LogP contribution in [0, 0.1) is 0 Å². The van der Waals surface area contributed by atoms with E-state index in [-0.39, 0.29) is 6.10 Å². The second-order valence-electron chi connectivity index (χ2n) is 4.16. The Morgan fingerprint density at radius 3 is 2.71 bits per heavy atom. The largest absolute Gasteiger partial charge is 0.377 e. The number of hydrogen-bond acceptors (Lipinski definition) is 4. The molecule has 17 heavy (non-hydrogen) atoms. The van der Waals surface area contributed by atoms with E-state index < -0.39 is 0 Å². The zero-order valence-corrected chi connectivity index (χ0v) is 11.7. The van der Waals surface area contributed by atoms with E-state index in [2.05, 4.69) is 14.9 Å². The molecule has 0 unspecified atom stereocenters. The Balaban J connectivity index is 2.68. The van der Waals surface area contributed by atoms with Crippen LogP contribution in [0.15, 0.2) is 6.33 Å². The molecule has 4 nitrogen and oxygen atoms in total. The van der Waals surface area contributed by atoms with Crippen molar-refractivity contribution in [2.24, 2.45) is 0 Å². The van der Waals surface area contributed by atoms with Crippen LogP contribution in [0.1, 0.15) is 26.3 Å². The summed E-state index contributed by atoms with van der Waals surface area (Å²) in [7, 11) is 1.99. The zero-order valence-electron chi connectivity index (χ0n) is 10.9. The SMILES string of the molecule is CCc1c(Cl)ncnc1N(C)CCOC(C)C. The van der Waals surface area contributed by atoms with Gasteiger partial charge in [-0.3, -0.25) is 0 Å². The molecule has 0 N–H and O–H groups in total. The molecule has 1 rings (SSSR count). The average Bonchev–Trinajstić information content (AvgIpc) is 2.28. The van der Waals surface area contributed by atoms with Crippen molar-refractivity contribution in [2.75, 3.05) is 25.1 Å². The minimum absolute atomic E-state index is 0.253. The maximum Gasteiger partial charge on any atom is 0.137 e. The van der Waals surface area contributed by atoms with E-state index in [0.717, 1.165) is 24.3 Å². The Bertz CT molecular complexity index is 358. The normalized spacial score (nSPS) is 10.9. The molecule has 0 aliphatic carbocycles. The van der Waals surface area contributed by atoms with E-state index in [1.807, 2.05) is 27.8 Å². The monoisotopic (exact) mass is 257 g/mol. The standard InChI is InChI=1S/C12H20ClN3O/c1-5-10-11(13)14-8-15-12(10)16(4)6-7-17-9(2)3/h8-9H,5-7H2,1-4H3. The molecule has 5 heteroatoms. The molecule has 0 spiro atoms. The Labute approximate surface area is 108 Å². The molecule has 1 heterocycles. The van der Waals surface area contributed by atoms with Gasteiger partial charge in [0.1, 0.15) is 17.3 Å². The minimum Gasteiger partial charge on any atom is -0.377 e. The molecule has 1 aromatic heterocycles. The highest BCUT2D eigenvalue weighted by molar-refractivity contribution is 6.30. The molecule has 0 aromatic carbocycles. The maximum absolute atomic E-state index is 6.05. The molecule has 0 atom stereocenters. The van der Waals surface area contributed by atoms with Crippen molar-refractivity contribution < 1.29 is 4.74 Å². The van der Waals surface area contributed by atoms with Gasteiger partial charge >= 0.3 is 0 Å². The van der Waals surface area contributed by atoms with E-state index in [4.69, 9.17) is 16.3 Å². The Morgan fingerprint density at radius 1 is 1.41 bits per heavy atom. The van der Waals surface area contributed by atoms with Crippen LogP contribution in [0.2, 0.25) is 5.15 Å². The third kappa shape index (κ3) is 4.13. The van der Waals surface area contributed by atoms with Crippen LogP contribution < -0.4 is 4.90 Å². The van der Waals surface area contributed by atoms with E-state index in [1.54, 1.807) is 0 Å². The summed E-state index contributed by atoms with van der Waals surface area (Å²) in [6.07, 6.45) is 2.57. The molecule has 0 bridgehead atoms. The minimum atomic E-state index is 0.253. The van der Waals surface area contributed by atoms with E-state index >= 15 is 0 Å². The molecule has 0 aliphatic heterocycles. The van der Waals surface area contributed by atoms with Gasteiger partial charge in [-0.1, -0.05) is 18.5 Å². The number of ether oxygens (including phenoxy) is 1. The van der Waals surface area contributed by atoms with Gasteiger partial charge in [0.25, 0.3) is 0 Å². The van der Waals surface area contributed by atoms with Crippen molar-refractivity contribution in [2.45, 2.75) is 33.3 Å². The second-order valence-corrected chi connectivity index (χ2v) is 4.52. The lowest BCUT2D eigenvalue weighted by atomic mass is 10.2. The first-order valence-corrected chi connectivity index (χ1v) is 6.26. The summed E-state index contributed by atoms with van der Waals surface area (Å²) in [5.41, 5.74) is 0.987. The number of nitrogens with zero attached hydrogens (tertiary/aromatic N) is 3. The van der Waals surface area contributed by atoms with Gasteiger partial charge < -0.3 is 9.64 Å². The molecule has 0 fully saturated rings. The van der Waals surface area contributed by atoms with Crippen LogP contribution in [-0.2, 0) is 11.2 Å². The molecule has 0 radical (unpaired) electrons. The Hall–Kier alpha value is -0.870. The summed E-state index contributed by atoms with van der Waals surface area (Å²) in [4.78, 5) is 10.3. The van der Waals surface area contributed by atoms with Gasteiger partial charge in [0.15, 0.2) is 0 Å². The number of likely N-dealkylation sites (N-methyl/N-ethyl adjacent to an activating group) is 1. The van der Waals surface area contributed by atoms with Gasteiger partial charge in [-0.2, -0.15) is 0 Å². The molecular formula is C12H20ClN3O. The number of anilines is 1. The fourth-order valence-electron chi connectivity index (χ4n) is 1.55. The van der Waals surface area contributed by atoms with E-state index in [1.165, 1.54) is 6.33 Å². The van der Waals surface area contributed by atoms with Crippen molar-refractivity contribution in [3.63, 3.8) is 0 Å². The summed E-state index contributed by atoms with van der Waals surface area (Å²) in [5.74, 6) is 0.889. The zero-order chi connectivity index (χ0) is 12.8. The third-order valence-electron chi connectivity index (χ3n) is 2.46.